The molecule has 4 aromatic rings. The van der Waals surface area contributed by atoms with Crippen LogP contribution in [0.2, 0.25) is 5.02 Å². The number of anilines is 1. The predicted molar refractivity (Wildman–Crippen MR) is 148 cm³/mol. The summed E-state index contributed by atoms with van der Waals surface area (Å²) in [6, 6.07) is 24.0. The van der Waals surface area contributed by atoms with Crippen LogP contribution < -0.4 is 16.4 Å². The van der Waals surface area contributed by atoms with Crippen LogP contribution in [0.3, 0.4) is 0 Å². The highest BCUT2D eigenvalue weighted by Gasteiger charge is 2.49. The fraction of sp³-hybridized carbons (Fsp3) is 0.241. The van der Waals surface area contributed by atoms with Crippen LogP contribution in [0.25, 0.3) is 0 Å². The minimum absolute atomic E-state index is 0.227. The molecule has 0 saturated heterocycles. The van der Waals surface area contributed by atoms with Crippen LogP contribution in [-0.4, -0.2) is 32.5 Å². The maximum atomic E-state index is 13.4. The van der Waals surface area contributed by atoms with Crippen LogP contribution in [-0.2, 0) is 29.7 Å². The van der Waals surface area contributed by atoms with E-state index in [2.05, 4.69) is 60.6 Å². The van der Waals surface area contributed by atoms with E-state index in [4.69, 9.17) is 22.4 Å². The van der Waals surface area contributed by atoms with Crippen LogP contribution in [0, 0.1) is 6.92 Å². The van der Waals surface area contributed by atoms with Gasteiger partial charge in [0.2, 0.25) is 11.9 Å². The molecule has 0 bridgehead atoms. The Kier molecular flexibility index (Phi) is 5.91. The first-order valence-electron chi connectivity index (χ1n) is 12.6. The summed E-state index contributed by atoms with van der Waals surface area (Å²) in [6.07, 6.45) is 1.83. The standard InChI is InChI=1S/C29H27ClN6O2/c1-19-6-10-22(11-7-19)26-29(15-14-21-4-2-3-5-24(21)29)18-36(32-26)27-33-35(28(38)34(27)17-25(31)37)16-20-8-12-23(30)13-9-20/h2-13H,14-18H2,1H3,(H2,31,37)/t29-/m1/s1. The van der Waals surface area contributed by atoms with Gasteiger partial charge in [0.15, 0.2) is 0 Å². The zero-order valence-electron chi connectivity index (χ0n) is 21.0. The first-order valence-corrected chi connectivity index (χ1v) is 12.9. The summed E-state index contributed by atoms with van der Waals surface area (Å²) in [7, 11) is 0. The highest BCUT2D eigenvalue weighted by Crippen LogP contribution is 2.46. The van der Waals surface area contributed by atoms with Crippen molar-refractivity contribution < 1.29 is 4.79 Å². The number of aryl methyl sites for hydroxylation is 2. The smallest absolute Gasteiger partial charge is 0.348 e. The Morgan fingerprint density at radius 2 is 1.79 bits per heavy atom. The highest BCUT2D eigenvalue weighted by atomic mass is 35.5. The summed E-state index contributed by atoms with van der Waals surface area (Å²) < 4.78 is 2.66. The zero-order chi connectivity index (χ0) is 26.4. The Morgan fingerprint density at radius 1 is 1.05 bits per heavy atom. The van der Waals surface area contributed by atoms with Gasteiger partial charge in [-0.2, -0.15) is 5.10 Å². The Balaban J connectivity index is 1.47. The number of nitrogens with two attached hydrogens (primary N) is 1. The van der Waals surface area contributed by atoms with Gasteiger partial charge in [-0.3, -0.25) is 9.36 Å². The van der Waals surface area contributed by atoms with Gasteiger partial charge in [0, 0.05) is 5.02 Å². The average Bonchev–Trinajstić information content (AvgIpc) is 3.57. The third-order valence-corrected chi connectivity index (χ3v) is 7.72. The first-order chi connectivity index (χ1) is 18.3. The topological polar surface area (TPSA) is 98.5 Å². The Morgan fingerprint density at radius 3 is 2.53 bits per heavy atom. The van der Waals surface area contributed by atoms with Gasteiger partial charge in [-0.1, -0.05) is 77.8 Å². The summed E-state index contributed by atoms with van der Waals surface area (Å²) >= 11 is 6.03. The minimum atomic E-state index is -0.623. The van der Waals surface area contributed by atoms with Crippen molar-refractivity contribution in [3.63, 3.8) is 0 Å². The number of carbonyl (C=O) groups excluding carboxylic acids is 1. The number of rotatable bonds is 6. The van der Waals surface area contributed by atoms with Crippen molar-refractivity contribution in [3.05, 3.63) is 116 Å². The molecule has 0 radical (unpaired) electrons. The number of hydrogen-bond acceptors (Lipinski definition) is 5. The molecule has 6 rings (SSSR count). The largest absolute Gasteiger partial charge is 0.368 e. The summed E-state index contributed by atoms with van der Waals surface area (Å²) in [6.45, 7) is 2.50. The maximum Gasteiger partial charge on any atom is 0.348 e. The van der Waals surface area contributed by atoms with Gasteiger partial charge in [-0.05, 0) is 54.2 Å². The van der Waals surface area contributed by atoms with Crippen molar-refractivity contribution in [2.45, 2.75) is 38.3 Å². The minimum Gasteiger partial charge on any atom is -0.368 e. The normalized spacial score (nSPS) is 18.2. The fourth-order valence-corrected chi connectivity index (χ4v) is 5.75. The molecule has 1 aliphatic carbocycles. The molecule has 0 saturated carbocycles. The number of hydrazone groups is 1. The zero-order valence-corrected chi connectivity index (χ0v) is 21.7. The molecular weight excluding hydrogens is 500 g/mol. The summed E-state index contributed by atoms with van der Waals surface area (Å²) in [4.78, 5) is 25.4. The molecule has 2 aliphatic rings. The van der Waals surface area contributed by atoms with E-state index < -0.39 is 11.6 Å². The van der Waals surface area contributed by atoms with E-state index in [9.17, 15) is 9.59 Å². The van der Waals surface area contributed by atoms with Crippen LogP contribution >= 0.6 is 11.6 Å². The number of hydrogen-bond donors (Lipinski definition) is 1. The number of halogens is 1. The van der Waals surface area contributed by atoms with Crippen LogP contribution in [0.4, 0.5) is 5.95 Å². The molecule has 1 aliphatic heterocycles. The molecule has 0 fully saturated rings. The van der Waals surface area contributed by atoms with Crippen molar-refractivity contribution in [3.8, 4) is 0 Å². The Bertz CT molecular complexity index is 1620. The fourth-order valence-electron chi connectivity index (χ4n) is 5.62. The SMILES string of the molecule is Cc1ccc(C2=NN(c3nn(Cc4ccc(Cl)cc4)c(=O)n3CC(N)=O)C[C@@]23CCc2ccccc23)cc1. The average molecular weight is 527 g/mol. The van der Waals surface area contributed by atoms with E-state index in [1.807, 2.05) is 12.1 Å². The monoisotopic (exact) mass is 526 g/mol. The van der Waals surface area contributed by atoms with Gasteiger partial charge in [-0.25, -0.2) is 14.5 Å². The van der Waals surface area contributed by atoms with Crippen molar-refractivity contribution in [1.82, 2.24) is 14.3 Å². The number of aromatic nitrogens is 3. The summed E-state index contributed by atoms with van der Waals surface area (Å²) in [5, 5.41) is 12.1. The molecule has 2 heterocycles. The number of primary amides is 1. The molecular formula is C29H27ClN6O2. The van der Waals surface area contributed by atoms with Crippen molar-refractivity contribution >= 4 is 29.2 Å². The summed E-state index contributed by atoms with van der Waals surface area (Å²) in [5.74, 6) is -0.323. The predicted octanol–water partition coefficient (Wildman–Crippen LogP) is 3.65. The van der Waals surface area contributed by atoms with Gasteiger partial charge in [0.05, 0.1) is 24.2 Å². The third kappa shape index (κ3) is 4.11. The number of nitrogens with zero attached hydrogens (tertiary/aromatic N) is 5. The van der Waals surface area contributed by atoms with Gasteiger partial charge < -0.3 is 5.73 Å². The van der Waals surface area contributed by atoms with E-state index >= 15 is 0 Å². The van der Waals surface area contributed by atoms with Crippen LogP contribution in [0.1, 0.15) is 34.2 Å². The Labute approximate surface area is 225 Å². The Hall–Kier alpha value is -4.17. The molecule has 1 amide bonds. The molecule has 1 aromatic heterocycles. The maximum absolute atomic E-state index is 13.4. The number of carbonyl (C=O) groups is 1. The molecule has 8 nitrogen and oxygen atoms in total. The lowest BCUT2D eigenvalue weighted by Crippen LogP contribution is -2.38. The lowest BCUT2D eigenvalue weighted by atomic mass is 9.75. The van der Waals surface area contributed by atoms with Crippen LogP contribution in [0.5, 0.6) is 0 Å². The van der Waals surface area contributed by atoms with Crippen molar-refractivity contribution in [2.75, 3.05) is 11.6 Å². The quantitative estimate of drug-likeness (QED) is 0.414. The van der Waals surface area contributed by atoms with Gasteiger partial charge >= 0.3 is 5.69 Å². The van der Waals surface area contributed by atoms with Crippen molar-refractivity contribution in [2.24, 2.45) is 10.8 Å². The lowest BCUT2D eigenvalue weighted by Gasteiger charge is -2.27. The van der Waals surface area contributed by atoms with E-state index in [1.165, 1.54) is 25.9 Å². The van der Waals surface area contributed by atoms with Crippen molar-refractivity contribution in [1.29, 1.82) is 0 Å². The molecule has 9 heteroatoms. The number of amides is 1. The third-order valence-electron chi connectivity index (χ3n) is 7.47. The second kappa shape index (κ2) is 9.29. The van der Waals surface area contributed by atoms with E-state index in [0.717, 1.165) is 29.7 Å². The van der Waals surface area contributed by atoms with Crippen LogP contribution in [0.15, 0.2) is 82.7 Å². The lowest BCUT2D eigenvalue weighted by molar-refractivity contribution is -0.118. The van der Waals surface area contributed by atoms with E-state index in [1.54, 1.807) is 17.1 Å². The first kappa shape index (κ1) is 24.2. The molecule has 192 valence electrons. The van der Waals surface area contributed by atoms with Gasteiger partial charge in [-0.15, -0.1) is 5.10 Å². The van der Waals surface area contributed by atoms with Gasteiger partial charge in [0.1, 0.15) is 6.54 Å². The van der Waals surface area contributed by atoms with E-state index in [-0.39, 0.29) is 18.5 Å². The second-order valence-electron chi connectivity index (χ2n) is 10.0. The van der Waals surface area contributed by atoms with Gasteiger partial charge in [0.25, 0.3) is 0 Å². The molecule has 3 aromatic carbocycles. The molecule has 2 N–H and O–H groups in total. The highest BCUT2D eigenvalue weighted by molar-refractivity contribution is 6.30. The summed E-state index contributed by atoms with van der Waals surface area (Å²) in [5.41, 5.74) is 11.3. The molecule has 1 atom stereocenters. The molecule has 0 unspecified atom stereocenters. The molecule has 1 spiro atoms. The second-order valence-corrected chi connectivity index (χ2v) is 10.5. The number of fused-ring (bicyclic) bond motifs is 2. The molecule has 38 heavy (non-hydrogen) atoms. The number of benzene rings is 3. The van der Waals surface area contributed by atoms with E-state index in [0.29, 0.717) is 17.5 Å².